The number of hydrogen-bond acceptors (Lipinski definition) is 2. The van der Waals surface area contributed by atoms with E-state index in [1.807, 2.05) is 11.7 Å². The van der Waals surface area contributed by atoms with E-state index in [9.17, 15) is 8.78 Å². The van der Waals surface area contributed by atoms with E-state index in [4.69, 9.17) is 0 Å². The molecule has 1 heterocycles. The van der Waals surface area contributed by atoms with E-state index in [1.165, 1.54) is 11.6 Å². The van der Waals surface area contributed by atoms with Crippen LogP contribution in [-0.4, -0.2) is 16.8 Å². The van der Waals surface area contributed by atoms with E-state index >= 15 is 0 Å². The summed E-state index contributed by atoms with van der Waals surface area (Å²) in [7, 11) is 1.91. The second kappa shape index (κ2) is 6.80. The van der Waals surface area contributed by atoms with Gasteiger partial charge in [0, 0.05) is 17.8 Å². The van der Waals surface area contributed by atoms with Crippen molar-refractivity contribution in [3.05, 3.63) is 52.3 Å². The zero-order chi connectivity index (χ0) is 15.4. The highest BCUT2D eigenvalue weighted by molar-refractivity contribution is 5.28. The number of benzene rings is 1. The molecule has 0 radical (unpaired) electrons. The van der Waals surface area contributed by atoms with Gasteiger partial charge in [0.1, 0.15) is 0 Å². The first-order valence-electron chi connectivity index (χ1n) is 7.26. The molecule has 114 valence electrons. The predicted octanol–water partition coefficient (Wildman–Crippen LogP) is 3.05. The van der Waals surface area contributed by atoms with Gasteiger partial charge in [0.15, 0.2) is 11.6 Å². The standard InChI is InChI=1S/C16H21F2N3/c1-4-15-12(9-19-3)16(5-2)21(20-15)10-11-6-7-13(17)14(18)8-11/h6-8,19H,4-5,9-10H2,1-3H3. The lowest BCUT2D eigenvalue weighted by Crippen LogP contribution is -2.10. The average Bonchev–Trinajstić information content (AvgIpc) is 2.80. The highest BCUT2D eigenvalue weighted by Gasteiger charge is 2.15. The molecule has 0 atom stereocenters. The fraction of sp³-hybridized carbons (Fsp3) is 0.438. The van der Waals surface area contributed by atoms with Gasteiger partial charge >= 0.3 is 0 Å². The molecule has 5 heteroatoms. The van der Waals surface area contributed by atoms with Crippen molar-refractivity contribution in [2.24, 2.45) is 0 Å². The van der Waals surface area contributed by atoms with Gasteiger partial charge < -0.3 is 5.32 Å². The molecule has 2 aromatic rings. The SMILES string of the molecule is CCc1nn(Cc2ccc(F)c(F)c2)c(CC)c1CNC. The summed E-state index contributed by atoms with van der Waals surface area (Å²) >= 11 is 0. The smallest absolute Gasteiger partial charge is 0.159 e. The van der Waals surface area contributed by atoms with Crippen LogP contribution in [-0.2, 0) is 25.9 Å². The van der Waals surface area contributed by atoms with E-state index in [2.05, 4.69) is 24.3 Å². The van der Waals surface area contributed by atoms with Gasteiger partial charge in [-0.25, -0.2) is 8.78 Å². The number of halogens is 2. The Balaban J connectivity index is 2.36. The number of nitrogens with one attached hydrogen (secondary N) is 1. The van der Waals surface area contributed by atoms with Crippen molar-refractivity contribution in [1.82, 2.24) is 15.1 Å². The lowest BCUT2D eigenvalue weighted by Gasteiger charge is -2.08. The minimum absolute atomic E-state index is 0.455. The third kappa shape index (κ3) is 3.29. The third-order valence-electron chi connectivity index (χ3n) is 3.59. The molecule has 0 amide bonds. The molecule has 0 saturated carbocycles. The number of hydrogen-bond donors (Lipinski definition) is 1. The number of aryl methyl sites for hydroxylation is 1. The van der Waals surface area contributed by atoms with Crippen molar-refractivity contribution in [3.63, 3.8) is 0 Å². The van der Waals surface area contributed by atoms with Crippen LogP contribution in [0.2, 0.25) is 0 Å². The summed E-state index contributed by atoms with van der Waals surface area (Å²) in [5.74, 6) is -1.64. The molecular formula is C16H21F2N3. The van der Waals surface area contributed by atoms with Crippen molar-refractivity contribution in [1.29, 1.82) is 0 Å². The predicted molar refractivity (Wildman–Crippen MR) is 79.2 cm³/mol. The third-order valence-corrected chi connectivity index (χ3v) is 3.59. The number of nitrogens with zero attached hydrogens (tertiary/aromatic N) is 2. The molecule has 3 nitrogen and oxygen atoms in total. The van der Waals surface area contributed by atoms with Gasteiger partial charge in [0.25, 0.3) is 0 Å². The Morgan fingerprint density at radius 1 is 1.14 bits per heavy atom. The maximum absolute atomic E-state index is 13.3. The van der Waals surface area contributed by atoms with E-state index in [0.717, 1.165) is 36.8 Å². The largest absolute Gasteiger partial charge is 0.316 e. The van der Waals surface area contributed by atoms with Crippen molar-refractivity contribution < 1.29 is 8.78 Å². The van der Waals surface area contributed by atoms with E-state index in [1.54, 1.807) is 6.07 Å². The molecule has 0 saturated heterocycles. The topological polar surface area (TPSA) is 29.9 Å². The van der Waals surface area contributed by atoms with Gasteiger partial charge in [-0.15, -0.1) is 0 Å². The number of rotatable bonds is 6. The molecule has 0 aliphatic heterocycles. The minimum Gasteiger partial charge on any atom is -0.316 e. The second-order valence-corrected chi connectivity index (χ2v) is 5.02. The summed E-state index contributed by atoms with van der Waals surface area (Å²) < 4.78 is 28.2. The fourth-order valence-corrected chi connectivity index (χ4v) is 2.59. The van der Waals surface area contributed by atoms with Crippen molar-refractivity contribution in [3.8, 4) is 0 Å². The Bertz CT molecular complexity index is 620. The molecule has 1 aromatic carbocycles. The molecule has 1 N–H and O–H groups in total. The summed E-state index contributed by atoms with van der Waals surface area (Å²) in [6, 6.07) is 4.00. The van der Waals surface area contributed by atoms with E-state index in [0.29, 0.717) is 12.1 Å². The van der Waals surface area contributed by atoms with Gasteiger partial charge in [-0.05, 0) is 37.6 Å². The van der Waals surface area contributed by atoms with Crippen molar-refractivity contribution in [2.45, 2.75) is 39.8 Å². The first kappa shape index (κ1) is 15.6. The molecule has 0 unspecified atom stereocenters. The fourth-order valence-electron chi connectivity index (χ4n) is 2.59. The molecule has 0 bridgehead atoms. The Labute approximate surface area is 124 Å². The van der Waals surface area contributed by atoms with Crippen LogP contribution >= 0.6 is 0 Å². The molecule has 2 rings (SSSR count). The van der Waals surface area contributed by atoms with Crippen LogP contribution in [0.1, 0.15) is 36.4 Å². The van der Waals surface area contributed by atoms with E-state index in [-0.39, 0.29) is 0 Å². The molecule has 0 aliphatic carbocycles. The average molecular weight is 293 g/mol. The van der Waals surface area contributed by atoms with E-state index < -0.39 is 11.6 Å². The molecule has 0 aliphatic rings. The monoisotopic (exact) mass is 293 g/mol. The minimum atomic E-state index is -0.819. The molecule has 0 fully saturated rings. The van der Waals surface area contributed by atoms with Gasteiger partial charge in [0.05, 0.1) is 12.2 Å². The highest BCUT2D eigenvalue weighted by Crippen LogP contribution is 2.18. The summed E-state index contributed by atoms with van der Waals surface area (Å²) in [6.45, 7) is 5.38. The molecule has 0 spiro atoms. The molecular weight excluding hydrogens is 272 g/mol. The van der Waals surface area contributed by atoms with Gasteiger partial charge in [-0.1, -0.05) is 19.9 Å². The second-order valence-electron chi connectivity index (χ2n) is 5.02. The number of aromatic nitrogens is 2. The Kier molecular flexibility index (Phi) is 5.07. The lowest BCUT2D eigenvalue weighted by atomic mass is 10.1. The first-order chi connectivity index (χ1) is 10.1. The normalized spacial score (nSPS) is 11.1. The zero-order valence-corrected chi connectivity index (χ0v) is 12.7. The van der Waals surface area contributed by atoms with Crippen LogP contribution in [0, 0.1) is 11.6 Å². The summed E-state index contributed by atoms with van der Waals surface area (Å²) in [5.41, 5.74) is 4.13. The van der Waals surface area contributed by atoms with Crippen LogP contribution in [0.25, 0.3) is 0 Å². The molecule has 1 aromatic heterocycles. The summed E-state index contributed by atoms with van der Waals surface area (Å²) in [6.07, 6.45) is 1.71. The quantitative estimate of drug-likeness (QED) is 0.887. The van der Waals surface area contributed by atoms with Crippen LogP contribution in [0.5, 0.6) is 0 Å². The summed E-state index contributed by atoms with van der Waals surface area (Å²) in [5, 5.41) is 7.79. The summed E-state index contributed by atoms with van der Waals surface area (Å²) in [4.78, 5) is 0. The van der Waals surface area contributed by atoms with Gasteiger partial charge in [-0.2, -0.15) is 5.10 Å². The lowest BCUT2D eigenvalue weighted by molar-refractivity contribution is 0.505. The van der Waals surface area contributed by atoms with Crippen LogP contribution in [0.15, 0.2) is 18.2 Å². The maximum Gasteiger partial charge on any atom is 0.159 e. The Morgan fingerprint density at radius 2 is 1.90 bits per heavy atom. The van der Waals surface area contributed by atoms with Gasteiger partial charge in [0.2, 0.25) is 0 Å². The molecule has 21 heavy (non-hydrogen) atoms. The first-order valence-corrected chi connectivity index (χ1v) is 7.26. The highest BCUT2D eigenvalue weighted by atomic mass is 19.2. The van der Waals surface area contributed by atoms with Crippen LogP contribution in [0.4, 0.5) is 8.78 Å². The Hall–Kier alpha value is -1.75. The zero-order valence-electron chi connectivity index (χ0n) is 12.7. The van der Waals surface area contributed by atoms with Crippen LogP contribution in [0.3, 0.4) is 0 Å². The van der Waals surface area contributed by atoms with Crippen LogP contribution < -0.4 is 5.32 Å². The Morgan fingerprint density at radius 3 is 2.48 bits per heavy atom. The van der Waals surface area contributed by atoms with Gasteiger partial charge in [-0.3, -0.25) is 4.68 Å². The maximum atomic E-state index is 13.3. The van der Waals surface area contributed by atoms with Crippen molar-refractivity contribution >= 4 is 0 Å². The van der Waals surface area contributed by atoms with Crippen molar-refractivity contribution in [2.75, 3.05) is 7.05 Å².